The Labute approximate surface area is 135 Å². The third kappa shape index (κ3) is 3.50. The lowest BCUT2D eigenvalue weighted by Gasteiger charge is -2.10. The van der Waals surface area contributed by atoms with Crippen molar-refractivity contribution >= 4 is 11.6 Å². The van der Waals surface area contributed by atoms with Gasteiger partial charge in [0.25, 0.3) is 5.56 Å². The van der Waals surface area contributed by atoms with Crippen LogP contribution in [-0.2, 0) is 24.2 Å². The van der Waals surface area contributed by atoms with E-state index in [0.717, 1.165) is 36.2 Å². The third-order valence-electron chi connectivity index (χ3n) is 4.18. The van der Waals surface area contributed by atoms with Crippen LogP contribution in [0, 0.1) is 0 Å². The highest BCUT2D eigenvalue weighted by Crippen LogP contribution is 2.18. The number of anilines is 1. The van der Waals surface area contributed by atoms with Crippen LogP contribution in [0.25, 0.3) is 0 Å². The fourth-order valence-electron chi connectivity index (χ4n) is 2.84. The van der Waals surface area contributed by atoms with Crippen molar-refractivity contribution in [3.05, 3.63) is 57.5 Å². The van der Waals surface area contributed by atoms with Crippen LogP contribution in [0.4, 0.5) is 5.69 Å². The first-order valence-corrected chi connectivity index (χ1v) is 8.02. The summed E-state index contributed by atoms with van der Waals surface area (Å²) in [4.78, 5) is 24.1. The van der Waals surface area contributed by atoms with E-state index in [4.69, 9.17) is 0 Å². The van der Waals surface area contributed by atoms with Crippen molar-refractivity contribution in [2.75, 3.05) is 5.32 Å². The maximum atomic E-state index is 12.1. The largest absolute Gasteiger partial charge is 0.324 e. The molecule has 0 spiro atoms. The number of hydrogen-bond donors (Lipinski definition) is 1. The number of hydrogen-bond acceptors (Lipinski definition) is 3. The van der Waals surface area contributed by atoms with E-state index in [9.17, 15) is 9.59 Å². The molecule has 3 rings (SSSR count). The van der Waals surface area contributed by atoms with Gasteiger partial charge in [-0.05, 0) is 48.4 Å². The Bertz CT molecular complexity index is 776. The molecule has 0 saturated heterocycles. The van der Waals surface area contributed by atoms with E-state index < -0.39 is 0 Å². The second-order valence-electron chi connectivity index (χ2n) is 6.29. The number of fused-ring (bicyclic) bond motifs is 1. The Hall–Kier alpha value is -2.43. The SMILES string of the molecule is CC(C)c1ccc(NC(=O)Cn2nc3c(cc2=O)CCC3)cc1. The molecule has 1 heterocycles. The van der Waals surface area contributed by atoms with Crippen molar-refractivity contribution in [1.82, 2.24) is 9.78 Å². The minimum Gasteiger partial charge on any atom is -0.324 e. The molecule has 1 N–H and O–H groups in total. The van der Waals surface area contributed by atoms with E-state index in [-0.39, 0.29) is 18.0 Å². The van der Waals surface area contributed by atoms with Gasteiger partial charge in [0.15, 0.2) is 0 Å². The summed E-state index contributed by atoms with van der Waals surface area (Å²) >= 11 is 0. The first-order valence-electron chi connectivity index (χ1n) is 8.02. The van der Waals surface area contributed by atoms with E-state index in [0.29, 0.717) is 5.92 Å². The average molecular weight is 311 g/mol. The number of rotatable bonds is 4. The zero-order chi connectivity index (χ0) is 16.4. The maximum absolute atomic E-state index is 12.1. The number of benzene rings is 1. The van der Waals surface area contributed by atoms with Gasteiger partial charge in [0.2, 0.25) is 5.91 Å². The molecule has 0 fully saturated rings. The molecule has 0 atom stereocenters. The van der Waals surface area contributed by atoms with Crippen molar-refractivity contribution in [1.29, 1.82) is 0 Å². The van der Waals surface area contributed by atoms with Crippen LogP contribution in [0.2, 0.25) is 0 Å². The second kappa shape index (κ2) is 6.36. The van der Waals surface area contributed by atoms with E-state index >= 15 is 0 Å². The molecule has 0 radical (unpaired) electrons. The van der Waals surface area contributed by atoms with Crippen molar-refractivity contribution in [2.24, 2.45) is 0 Å². The molecule has 1 aliphatic rings. The van der Waals surface area contributed by atoms with Crippen molar-refractivity contribution < 1.29 is 4.79 Å². The molecule has 5 nitrogen and oxygen atoms in total. The van der Waals surface area contributed by atoms with Crippen molar-refractivity contribution in [3.8, 4) is 0 Å². The van der Waals surface area contributed by atoms with Crippen LogP contribution in [0.15, 0.2) is 35.1 Å². The first kappa shape index (κ1) is 15.5. The quantitative estimate of drug-likeness (QED) is 0.943. The zero-order valence-corrected chi connectivity index (χ0v) is 13.5. The molecule has 1 amide bonds. The van der Waals surface area contributed by atoms with Crippen LogP contribution in [0.1, 0.15) is 43.0 Å². The molecular weight excluding hydrogens is 290 g/mol. The molecule has 2 aromatic rings. The minimum absolute atomic E-state index is 0.0575. The van der Waals surface area contributed by atoms with Gasteiger partial charge in [0.1, 0.15) is 6.54 Å². The first-order chi connectivity index (χ1) is 11.0. The van der Waals surface area contributed by atoms with Gasteiger partial charge < -0.3 is 5.32 Å². The molecule has 5 heteroatoms. The van der Waals surface area contributed by atoms with Gasteiger partial charge in [-0.1, -0.05) is 26.0 Å². The normalized spacial score (nSPS) is 13.2. The highest BCUT2D eigenvalue weighted by molar-refractivity contribution is 5.90. The van der Waals surface area contributed by atoms with Crippen molar-refractivity contribution in [3.63, 3.8) is 0 Å². The summed E-state index contributed by atoms with van der Waals surface area (Å²) in [5.74, 6) is 0.212. The van der Waals surface area contributed by atoms with E-state index in [1.54, 1.807) is 6.07 Å². The highest BCUT2D eigenvalue weighted by Gasteiger charge is 2.16. The summed E-state index contributed by atoms with van der Waals surface area (Å²) in [5.41, 5.74) is 3.71. The zero-order valence-electron chi connectivity index (χ0n) is 13.5. The Balaban J connectivity index is 1.69. The molecule has 1 aliphatic carbocycles. The van der Waals surface area contributed by atoms with Gasteiger partial charge in [-0.2, -0.15) is 5.10 Å². The second-order valence-corrected chi connectivity index (χ2v) is 6.29. The number of aryl methyl sites for hydroxylation is 2. The lowest BCUT2D eigenvalue weighted by Crippen LogP contribution is -2.30. The van der Waals surface area contributed by atoms with Gasteiger partial charge in [-0.15, -0.1) is 0 Å². The predicted octanol–water partition coefficient (Wildman–Crippen LogP) is 2.49. The number of amides is 1. The molecule has 0 bridgehead atoms. The Morgan fingerprint density at radius 2 is 2.00 bits per heavy atom. The third-order valence-corrected chi connectivity index (χ3v) is 4.18. The number of aromatic nitrogens is 2. The molecule has 23 heavy (non-hydrogen) atoms. The molecule has 0 unspecified atom stereocenters. The van der Waals surface area contributed by atoms with Crippen LogP contribution in [0.3, 0.4) is 0 Å². The molecule has 1 aromatic carbocycles. The maximum Gasteiger partial charge on any atom is 0.267 e. The van der Waals surface area contributed by atoms with E-state index in [1.807, 2.05) is 24.3 Å². The fourth-order valence-corrected chi connectivity index (χ4v) is 2.84. The Kier molecular flexibility index (Phi) is 4.28. The Morgan fingerprint density at radius 3 is 2.70 bits per heavy atom. The minimum atomic E-state index is -0.241. The van der Waals surface area contributed by atoms with E-state index in [1.165, 1.54) is 10.2 Å². The number of carbonyl (C=O) groups is 1. The monoisotopic (exact) mass is 311 g/mol. The summed E-state index contributed by atoms with van der Waals surface area (Å²) in [6.45, 7) is 4.19. The summed E-state index contributed by atoms with van der Waals surface area (Å²) in [6.07, 6.45) is 2.82. The van der Waals surface area contributed by atoms with E-state index in [2.05, 4.69) is 24.3 Å². The standard InChI is InChI=1S/C18H21N3O2/c1-12(2)13-6-8-15(9-7-13)19-17(22)11-21-18(23)10-14-4-3-5-16(14)20-21/h6-10,12H,3-5,11H2,1-2H3,(H,19,22). The van der Waals surface area contributed by atoms with Gasteiger partial charge >= 0.3 is 0 Å². The van der Waals surface area contributed by atoms with Crippen LogP contribution >= 0.6 is 0 Å². The van der Waals surface area contributed by atoms with Crippen LogP contribution in [-0.4, -0.2) is 15.7 Å². The predicted molar refractivity (Wildman–Crippen MR) is 89.7 cm³/mol. The highest BCUT2D eigenvalue weighted by atomic mass is 16.2. The molecule has 120 valence electrons. The summed E-state index contributed by atoms with van der Waals surface area (Å²) < 4.78 is 1.25. The summed E-state index contributed by atoms with van der Waals surface area (Å²) in [6, 6.07) is 9.37. The number of nitrogens with zero attached hydrogens (tertiary/aromatic N) is 2. The molecular formula is C18H21N3O2. The van der Waals surface area contributed by atoms with Crippen molar-refractivity contribution in [2.45, 2.75) is 45.6 Å². The van der Waals surface area contributed by atoms with Crippen LogP contribution < -0.4 is 10.9 Å². The summed E-state index contributed by atoms with van der Waals surface area (Å²) in [7, 11) is 0. The van der Waals surface area contributed by atoms with Gasteiger partial charge in [-0.3, -0.25) is 9.59 Å². The fraction of sp³-hybridized carbons (Fsp3) is 0.389. The summed E-state index contributed by atoms with van der Waals surface area (Å²) in [5, 5.41) is 7.13. The number of nitrogens with one attached hydrogen (secondary N) is 1. The molecule has 0 aliphatic heterocycles. The Morgan fingerprint density at radius 1 is 1.26 bits per heavy atom. The molecule has 1 aromatic heterocycles. The molecule has 0 saturated carbocycles. The van der Waals surface area contributed by atoms with Crippen LogP contribution in [0.5, 0.6) is 0 Å². The topological polar surface area (TPSA) is 64.0 Å². The lowest BCUT2D eigenvalue weighted by atomic mass is 10.0. The van der Waals surface area contributed by atoms with Gasteiger partial charge in [0.05, 0.1) is 5.69 Å². The smallest absolute Gasteiger partial charge is 0.267 e. The average Bonchev–Trinajstić information content (AvgIpc) is 2.95. The number of carbonyl (C=O) groups excluding carboxylic acids is 1. The van der Waals surface area contributed by atoms with Gasteiger partial charge in [0, 0.05) is 11.8 Å². The lowest BCUT2D eigenvalue weighted by molar-refractivity contribution is -0.117. The van der Waals surface area contributed by atoms with Gasteiger partial charge in [-0.25, -0.2) is 4.68 Å².